The van der Waals surface area contributed by atoms with Gasteiger partial charge < -0.3 is 4.74 Å². The van der Waals surface area contributed by atoms with Gasteiger partial charge in [-0.15, -0.1) is 0 Å². The number of hydrogen-bond acceptors (Lipinski definition) is 1. The molecule has 0 saturated carbocycles. The molecule has 70 valence electrons. The molecule has 0 radical (unpaired) electrons. The van der Waals surface area contributed by atoms with Crippen molar-refractivity contribution in [3.05, 3.63) is 29.3 Å². The topological polar surface area (TPSA) is 9.23 Å². The van der Waals surface area contributed by atoms with Crippen LogP contribution in [-0.4, -0.2) is 6.61 Å². The summed E-state index contributed by atoms with van der Waals surface area (Å²) in [5.74, 6) is -2.40. The molecule has 0 bridgehead atoms. The lowest BCUT2D eigenvalue weighted by molar-refractivity contribution is -0.0405. The van der Waals surface area contributed by atoms with E-state index in [1.807, 2.05) is 0 Å². The van der Waals surface area contributed by atoms with Crippen LogP contribution in [0.3, 0.4) is 0 Å². The Kier molecular flexibility index (Phi) is 1.75. The summed E-state index contributed by atoms with van der Waals surface area (Å²) in [6.07, 6.45) is -0.219. The van der Waals surface area contributed by atoms with Gasteiger partial charge in [0.2, 0.25) is 0 Å². The van der Waals surface area contributed by atoms with Crippen molar-refractivity contribution in [2.75, 3.05) is 6.61 Å². The van der Waals surface area contributed by atoms with Crippen molar-refractivity contribution >= 4 is 0 Å². The molecular weight excluding hydrogens is 174 g/mol. The van der Waals surface area contributed by atoms with Gasteiger partial charge in [-0.2, -0.15) is 0 Å². The number of fused-ring (bicyclic) bond motifs is 1. The largest absolute Gasteiger partial charge is 0.493 e. The molecule has 0 aromatic heterocycles. The number of aryl methyl sites for hydroxylation is 1. The van der Waals surface area contributed by atoms with Crippen LogP contribution in [0.5, 0.6) is 5.75 Å². The predicted molar refractivity (Wildman–Crippen MR) is 45.2 cm³/mol. The van der Waals surface area contributed by atoms with Gasteiger partial charge >= 0.3 is 0 Å². The first-order chi connectivity index (χ1) is 6.09. The van der Waals surface area contributed by atoms with Crippen molar-refractivity contribution in [3.8, 4) is 5.75 Å². The van der Waals surface area contributed by atoms with Crippen molar-refractivity contribution in [3.63, 3.8) is 0 Å². The molecule has 0 atom stereocenters. The van der Waals surface area contributed by atoms with Crippen LogP contribution < -0.4 is 4.74 Å². The molecule has 1 aliphatic rings. The Balaban J connectivity index is 2.55. The summed E-state index contributed by atoms with van der Waals surface area (Å²) in [5, 5.41) is 0. The molecule has 0 unspecified atom stereocenters. The Morgan fingerprint density at radius 2 is 2.15 bits per heavy atom. The first-order valence-corrected chi connectivity index (χ1v) is 4.21. The van der Waals surface area contributed by atoms with Gasteiger partial charge in [-0.05, 0) is 19.1 Å². The summed E-state index contributed by atoms with van der Waals surface area (Å²) >= 11 is 0. The second-order valence-electron chi connectivity index (χ2n) is 3.30. The van der Waals surface area contributed by atoms with Crippen molar-refractivity contribution in [2.24, 2.45) is 0 Å². The maximum atomic E-state index is 13.3. The van der Waals surface area contributed by atoms with E-state index in [1.54, 1.807) is 19.1 Å². The maximum absolute atomic E-state index is 13.3. The Morgan fingerprint density at radius 1 is 1.38 bits per heavy atom. The zero-order chi connectivity index (χ0) is 9.47. The summed E-state index contributed by atoms with van der Waals surface area (Å²) < 4.78 is 31.7. The normalized spacial score (nSPS) is 19.0. The van der Waals surface area contributed by atoms with Crippen LogP contribution in [0.25, 0.3) is 0 Å². The van der Waals surface area contributed by atoms with Crippen molar-refractivity contribution in [2.45, 2.75) is 19.3 Å². The monoisotopic (exact) mass is 184 g/mol. The molecule has 1 aliphatic heterocycles. The van der Waals surface area contributed by atoms with E-state index in [4.69, 9.17) is 4.74 Å². The van der Waals surface area contributed by atoms with Crippen molar-refractivity contribution in [1.82, 2.24) is 0 Å². The maximum Gasteiger partial charge on any atom is 0.280 e. The van der Waals surface area contributed by atoms with Crippen LogP contribution in [0.1, 0.15) is 17.5 Å². The third kappa shape index (κ3) is 1.39. The highest BCUT2D eigenvalue weighted by atomic mass is 19.3. The standard InChI is InChI=1S/C10H10F2O/c1-7-2-3-9-8(6-7)10(11,12)4-5-13-9/h2-3,6H,4-5H2,1H3. The van der Waals surface area contributed by atoms with Crippen molar-refractivity contribution < 1.29 is 13.5 Å². The SMILES string of the molecule is Cc1ccc2c(c1)C(F)(F)CCO2. The molecule has 0 saturated heterocycles. The van der Waals surface area contributed by atoms with E-state index in [9.17, 15) is 8.78 Å². The molecule has 1 heterocycles. The predicted octanol–water partition coefficient (Wildman–Crippen LogP) is 2.87. The van der Waals surface area contributed by atoms with Crippen LogP contribution in [0.4, 0.5) is 8.78 Å². The van der Waals surface area contributed by atoms with Gasteiger partial charge in [0.15, 0.2) is 0 Å². The third-order valence-electron chi connectivity index (χ3n) is 2.20. The number of benzene rings is 1. The Morgan fingerprint density at radius 3 is 2.92 bits per heavy atom. The lowest BCUT2D eigenvalue weighted by Gasteiger charge is -2.25. The zero-order valence-electron chi connectivity index (χ0n) is 7.31. The van der Waals surface area contributed by atoms with Crippen LogP contribution in [0.2, 0.25) is 0 Å². The third-order valence-corrected chi connectivity index (χ3v) is 2.20. The highest BCUT2D eigenvalue weighted by Gasteiger charge is 2.37. The van der Waals surface area contributed by atoms with E-state index < -0.39 is 5.92 Å². The van der Waals surface area contributed by atoms with E-state index in [2.05, 4.69) is 0 Å². The average molecular weight is 184 g/mol. The molecule has 0 spiro atoms. The number of alkyl halides is 2. The molecule has 13 heavy (non-hydrogen) atoms. The van der Waals surface area contributed by atoms with Gasteiger partial charge in [0.25, 0.3) is 5.92 Å². The van der Waals surface area contributed by atoms with Crippen LogP contribution in [0.15, 0.2) is 18.2 Å². The van der Waals surface area contributed by atoms with Crippen LogP contribution >= 0.6 is 0 Å². The number of halogens is 2. The molecule has 1 nitrogen and oxygen atoms in total. The van der Waals surface area contributed by atoms with E-state index >= 15 is 0 Å². The van der Waals surface area contributed by atoms with Gasteiger partial charge in [-0.1, -0.05) is 11.6 Å². The second kappa shape index (κ2) is 2.69. The molecule has 0 N–H and O–H groups in total. The first kappa shape index (κ1) is 8.48. The number of rotatable bonds is 0. The summed E-state index contributed by atoms with van der Waals surface area (Å²) in [5.41, 5.74) is 0.864. The fourth-order valence-corrected chi connectivity index (χ4v) is 1.48. The highest BCUT2D eigenvalue weighted by molar-refractivity contribution is 5.41. The molecule has 0 fully saturated rings. The minimum atomic E-state index is -2.72. The summed E-state index contributed by atoms with van der Waals surface area (Å²) in [7, 11) is 0. The summed E-state index contributed by atoms with van der Waals surface area (Å²) in [4.78, 5) is 0. The lowest BCUT2D eigenvalue weighted by Crippen LogP contribution is -2.24. The minimum absolute atomic E-state index is 0.0266. The van der Waals surface area contributed by atoms with Gasteiger partial charge in [0.05, 0.1) is 18.6 Å². The highest BCUT2D eigenvalue weighted by Crippen LogP contribution is 2.41. The molecule has 0 amide bonds. The van der Waals surface area contributed by atoms with Gasteiger partial charge in [0, 0.05) is 0 Å². The van der Waals surface area contributed by atoms with Gasteiger partial charge in [0.1, 0.15) is 5.75 Å². The van der Waals surface area contributed by atoms with E-state index in [1.165, 1.54) is 6.07 Å². The molecule has 3 heteroatoms. The lowest BCUT2D eigenvalue weighted by atomic mass is 10.0. The molecule has 1 aromatic rings. The number of ether oxygens (including phenoxy) is 1. The quantitative estimate of drug-likeness (QED) is 0.602. The molecule has 2 rings (SSSR count). The summed E-state index contributed by atoms with van der Waals surface area (Å²) in [6, 6.07) is 4.88. The smallest absolute Gasteiger partial charge is 0.280 e. The minimum Gasteiger partial charge on any atom is -0.493 e. The van der Waals surface area contributed by atoms with Crippen molar-refractivity contribution in [1.29, 1.82) is 0 Å². The first-order valence-electron chi connectivity index (χ1n) is 4.21. The van der Waals surface area contributed by atoms with E-state index in [0.29, 0.717) is 5.75 Å². The van der Waals surface area contributed by atoms with Gasteiger partial charge in [-0.3, -0.25) is 0 Å². The molecule has 0 aliphatic carbocycles. The Bertz CT molecular complexity index is 334. The Hall–Kier alpha value is -1.12. The second-order valence-corrected chi connectivity index (χ2v) is 3.30. The zero-order valence-corrected chi connectivity index (χ0v) is 7.31. The molecule has 1 aromatic carbocycles. The molecular formula is C10H10F2O. The Labute approximate surface area is 75.3 Å². The summed E-state index contributed by atoms with van der Waals surface area (Å²) in [6.45, 7) is 1.90. The van der Waals surface area contributed by atoms with E-state index in [-0.39, 0.29) is 18.6 Å². The van der Waals surface area contributed by atoms with Crippen LogP contribution in [0, 0.1) is 6.92 Å². The fraction of sp³-hybridized carbons (Fsp3) is 0.400. The fourth-order valence-electron chi connectivity index (χ4n) is 1.48. The van der Waals surface area contributed by atoms with E-state index in [0.717, 1.165) is 5.56 Å². The number of hydrogen-bond donors (Lipinski definition) is 0. The van der Waals surface area contributed by atoms with Crippen LogP contribution in [-0.2, 0) is 5.92 Å². The average Bonchev–Trinajstić information content (AvgIpc) is 2.06. The van der Waals surface area contributed by atoms with Gasteiger partial charge in [-0.25, -0.2) is 8.78 Å².